The second kappa shape index (κ2) is 6.39. The van der Waals surface area contributed by atoms with Crippen LogP contribution < -0.4 is 5.32 Å². The summed E-state index contributed by atoms with van der Waals surface area (Å²) in [4.78, 5) is 11.7. The largest absolute Gasteiger partial charge is 0.459 e. The molecule has 1 heterocycles. The maximum Gasteiger partial charge on any atom is 0.320 e. The second-order valence-corrected chi connectivity index (χ2v) is 6.09. The number of carbonyl (C=O) groups is 1. The van der Waals surface area contributed by atoms with Crippen molar-refractivity contribution in [1.82, 2.24) is 15.1 Å². The lowest BCUT2D eigenvalue weighted by Crippen LogP contribution is -2.33. The first kappa shape index (κ1) is 16.7. The zero-order valence-corrected chi connectivity index (χ0v) is 13.7. The molecular weight excluding hydrogens is 254 g/mol. The lowest BCUT2D eigenvalue weighted by atomic mass is 10.1. The third kappa shape index (κ3) is 4.34. The first-order chi connectivity index (χ1) is 9.15. The Bertz CT molecular complexity index is 472. The summed E-state index contributed by atoms with van der Waals surface area (Å²) in [5.41, 5.74) is 2.87. The lowest BCUT2D eigenvalue weighted by molar-refractivity contribution is -0.153. The quantitative estimate of drug-likeness (QED) is 0.843. The van der Waals surface area contributed by atoms with E-state index in [4.69, 9.17) is 4.74 Å². The van der Waals surface area contributed by atoms with Gasteiger partial charge in [0, 0.05) is 23.8 Å². The van der Waals surface area contributed by atoms with Crippen molar-refractivity contribution in [3.05, 3.63) is 17.0 Å². The minimum atomic E-state index is -0.444. The molecule has 0 spiro atoms. The Labute approximate surface area is 121 Å². The summed E-state index contributed by atoms with van der Waals surface area (Å²) in [5.74, 6) is -0.234. The van der Waals surface area contributed by atoms with Gasteiger partial charge in [-0.15, -0.1) is 0 Å². The van der Waals surface area contributed by atoms with Crippen LogP contribution in [0.4, 0.5) is 0 Å². The smallest absolute Gasteiger partial charge is 0.320 e. The third-order valence-corrected chi connectivity index (χ3v) is 3.14. The van der Waals surface area contributed by atoms with Crippen LogP contribution in [-0.2, 0) is 16.1 Å². The van der Waals surface area contributed by atoms with Crippen molar-refractivity contribution in [2.75, 3.05) is 6.54 Å². The lowest BCUT2D eigenvalue weighted by Gasteiger charge is -2.21. The van der Waals surface area contributed by atoms with Crippen molar-refractivity contribution in [2.45, 2.75) is 66.7 Å². The van der Waals surface area contributed by atoms with Crippen LogP contribution in [0.5, 0.6) is 0 Å². The Morgan fingerprint density at radius 1 is 1.40 bits per heavy atom. The predicted molar refractivity (Wildman–Crippen MR) is 79.6 cm³/mol. The molecule has 0 radical (unpaired) electrons. The average Bonchev–Trinajstić information content (AvgIpc) is 2.59. The summed E-state index contributed by atoms with van der Waals surface area (Å²) in [6.45, 7) is 14.8. The molecule has 0 saturated heterocycles. The van der Waals surface area contributed by atoms with Crippen molar-refractivity contribution in [3.63, 3.8) is 0 Å². The van der Waals surface area contributed by atoms with E-state index < -0.39 is 5.60 Å². The Hall–Kier alpha value is -1.36. The molecule has 1 rings (SSSR count). The summed E-state index contributed by atoms with van der Waals surface area (Å²) >= 11 is 0. The highest BCUT2D eigenvalue weighted by Gasteiger charge is 2.20. The van der Waals surface area contributed by atoms with Gasteiger partial charge in [-0.3, -0.25) is 9.48 Å². The van der Waals surface area contributed by atoms with Crippen LogP contribution in [0.1, 0.15) is 57.6 Å². The molecule has 1 aromatic heterocycles. The third-order valence-electron chi connectivity index (χ3n) is 3.14. The fraction of sp³-hybridized carbons (Fsp3) is 0.733. The first-order valence-electron chi connectivity index (χ1n) is 7.14. The molecule has 0 aromatic carbocycles. The Kier molecular flexibility index (Phi) is 5.34. The topological polar surface area (TPSA) is 56.2 Å². The molecule has 1 N–H and O–H groups in total. The molecular formula is C15H27N3O2. The number of aromatic nitrogens is 2. The predicted octanol–water partition coefficient (Wildman–Crippen LogP) is 2.51. The highest BCUT2D eigenvalue weighted by Crippen LogP contribution is 2.21. The SMILES string of the molecule is CCn1nc(C)c(C(C)NCC(=O)OC(C)(C)C)c1C. The number of esters is 1. The van der Waals surface area contributed by atoms with E-state index in [-0.39, 0.29) is 18.6 Å². The van der Waals surface area contributed by atoms with E-state index in [1.54, 1.807) is 0 Å². The van der Waals surface area contributed by atoms with Crippen LogP contribution in [0.3, 0.4) is 0 Å². The zero-order chi connectivity index (χ0) is 15.5. The minimum Gasteiger partial charge on any atom is -0.459 e. The molecule has 20 heavy (non-hydrogen) atoms. The van der Waals surface area contributed by atoms with Gasteiger partial charge in [0.25, 0.3) is 0 Å². The van der Waals surface area contributed by atoms with Gasteiger partial charge in [0.05, 0.1) is 12.2 Å². The number of carbonyl (C=O) groups excluding carboxylic acids is 1. The number of hydrogen-bond donors (Lipinski definition) is 1. The molecule has 1 unspecified atom stereocenters. The maximum atomic E-state index is 11.7. The fourth-order valence-corrected chi connectivity index (χ4v) is 2.36. The van der Waals surface area contributed by atoms with Crippen LogP contribution in [0.15, 0.2) is 0 Å². The number of aryl methyl sites for hydroxylation is 2. The van der Waals surface area contributed by atoms with E-state index >= 15 is 0 Å². The molecule has 0 aliphatic carbocycles. The monoisotopic (exact) mass is 281 g/mol. The average molecular weight is 281 g/mol. The van der Waals surface area contributed by atoms with Crippen molar-refractivity contribution >= 4 is 5.97 Å². The normalized spacial score (nSPS) is 13.3. The second-order valence-electron chi connectivity index (χ2n) is 6.09. The molecule has 0 aliphatic rings. The molecule has 1 atom stereocenters. The van der Waals surface area contributed by atoms with E-state index in [1.807, 2.05) is 39.3 Å². The van der Waals surface area contributed by atoms with Gasteiger partial charge < -0.3 is 10.1 Å². The molecule has 0 saturated carbocycles. The Morgan fingerprint density at radius 3 is 2.45 bits per heavy atom. The van der Waals surface area contributed by atoms with Crippen LogP contribution in [0.25, 0.3) is 0 Å². The van der Waals surface area contributed by atoms with Gasteiger partial charge in [-0.05, 0) is 48.5 Å². The van der Waals surface area contributed by atoms with Gasteiger partial charge >= 0.3 is 5.97 Å². The number of ether oxygens (including phenoxy) is 1. The summed E-state index contributed by atoms with van der Waals surface area (Å²) in [6.07, 6.45) is 0. The summed E-state index contributed by atoms with van der Waals surface area (Å²) in [7, 11) is 0. The number of nitrogens with one attached hydrogen (secondary N) is 1. The highest BCUT2D eigenvalue weighted by atomic mass is 16.6. The Balaban J connectivity index is 2.66. The van der Waals surface area contributed by atoms with Crippen LogP contribution in [0.2, 0.25) is 0 Å². The number of hydrogen-bond acceptors (Lipinski definition) is 4. The summed E-state index contributed by atoms with van der Waals surface area (Å²) in [6, 6.07) is 0.0721. The first-order valence-corrected chi connectivity index (χ1v) is 7.14. The Morgan fingerprint density at radius 2 is 2.00 bits per heavy atom. The number of nitrogens with zero attached hydrogens (tertiary/aromatic N) is 2. The van der Waals surface area contributed by atoms with Crippen LogP contribution in [0, 0.1) is 13.8 Å². The molecule has 0 bridgehead atoms. The van der Waals surface area contributed by atoms with Crippen molar-refractivity contribution < 1.29 is 9.53 Å². The fourth-order valence-electron chi connectivity index (χ4n) is 2.36. The molecule has 0 fully saturated rings. The van der Waals surface area contributed by atoms with E-state index in [0.717, 1.165) is 23.5 Å². The maximum absolute atomic E-state index is 11.7. The zero-order valence-electron chi connectivity index (χ0n) is 13.7. The van der Waals surface area contributed by atoms with Crippen molar-refractivity contribution in [2.24, 2.45) is 0 Å². The number of rotatable bonds is 5. The molecule has 0 aliphatic heterocycles. The van der Waals surface area contributed by atoms with Crippen LogP contribution in [-0.4, -0.2) is 27.9 Å². The minimum absolute atomic E-state index is 0.0721. The van der Waals surface area contributed by atoms with Gasteiger partial charge in [0.1, 0.15) is 5.60 Å². The van der Waals surface area contributed by atoms with Gasteiger partial charge in [-0.25, -0.2) is 0 Å². The molecule has 114 valence electrons. The molecule has 5 nitrogen and oxygen atoms in total. The van der Waals surface area contributed by atoms with Gasteiger partial charge in [0.15, 0.2) is 0 Å². The van der Waals surface area contributed by atoms with Crippen LogP contribution >= 0.6 is 0 Å². The van der Waals surface area contributed by atoms with Gasteiger partial charge in [-0.2, -0.15) is 5.10 Å². The van der Waals surface area contributed by atoms with E-state index in [2.05, 4.69) is 24.3 Å². The van der Waals surface area contributed by atoms with Gasteiger partial charge in [0.2, 0.25) is 0 Å². The molecule has 5 heteroatoms. The van der Waals surface area contributed by atoms with E-state index in [1.165, 1.54) is 0 Å². The van der Waals surface area contributed by atoms with Crippen molar-refractivity contribution in [3.8, 4) is 0 Å². The highest BCUT2D eigenvalue weighted by molar-refractivity contribution is 5.72. The summed E-state index contributed by atoms with van der Waals surface area (Å²) in [5, 5.41) is 7.71. The molecule has 1 aromatic rings. The van der Waals surface area contributed by atoms with E-state index in [9.17, 15) is 4.79 Å². The van der Waals surface area contributed by atoms with Gasteiger partial charge in [-0.1, -0.05) is 0 Å². The summed E-state index contributed by atoms with van der Waals surface area (Å²) < 4.78 is 7.27. The standard InChI is InChI=1S/C15H27N3O2/c1-8-18-12(4)14(11(3)17-18)10(2)16-9-13(19)20-15(5,6)7/h10,16H,8-9H2,1-7H3. The van der Waals surface area contributed by atoms with E-state index in [0.29, 0.717) is 0 Å². The molecule has 0 amide bonds. The van der Waals surface area contributed by atoms with Crippen molar-refractivity contribution in [1.29, 1.82) is 0 Å².